The van der Waals surface area contributed by atoms with E-state index in [1.165, 1.54) is 19.3 Å². The van der Waals surface area contributed by atoms with E-state index >= 15 is 0 Å². The number of unbranched alkanes of at least 4 members (excludes halogenated alkanes) is 3. The van der Waals surface area contributed by atoms with Crippen molar-refractivity contribution in [1.29, 1.82) is 0 Å². The second-order valence-corrected chi connectivity index (χ2v) is 6.20. The Balaban J connectivity index is 0.00000127. The quantitative estimate of drug-likeness (QED) is 0.696. The molecule has 23 heavy (non-hydrogen) atoms. The van der Waals surface area contributed by atoms with E-state index in [9.17, 15) is 4.79 Å². The standard InChI is InChI=1S/C17H27N3O.C2H6/c1-4-6-7-8-10-17(9-5-2)15-14(11-18-13-19-15)12-20(3)16(17)21;1-2/h11,13H,4-10,12H2,1-3H3;1-2H3. The smallest absolute Gasteiger partial charge is 0.234 e. The maximum atomic E-state index is 12.9. The normalized spacial score (nSPS) is 19.9. The number of hydrogen-bond acceptors (Lipinski definition) is 3. The monoisotopic (exact) mass is 319 g/mol. The molecule has 0 radical (unpaired) electrons. The van der Waals surface area contributed by atoms with Crippen LogP contribution in [0.25, 0.3) is 0 Å². The molecule has 2 rings (SSSR count). The lowest BCUT2D eigenvalue weighted by molar-refractivity contribution is -0.139. The highest BCUT2D eigenvalue weighted by atomic mass is 16.2. The Bertz CT molecular complexity index is 489. The van der Waals surface area contributed by atoms with Gasteiger partial charge in [0, 0.05) is 25.4 Å². The Morgan fingerprint density at radius 2 is 1.87 bits per heavy atom. The molecule has 1 aromatic heterocycles. The van der Waals surface area contributed by atoms with Gasteiger partial charge >= 0.3 is 0 Å². The molecule has 1 aliphatic rings. The zero-order valence-electron chi connectivity index (χ0n) is 15.6. The van der Waals surface area contributed by atoms with E-state index in [0.717, 1.165) is 36.9 Å². The Morgan fingerprint density at radius 1 is 1.13 bits per heavy atom. The first kappa shape index (κ1) is 19.6. The summed E-state index contributed by atoms with van der Waals surface area (Å²) < 4.78 is 0. The fourth-order valence-electron chi connectivity index (χ4n) is 3.55. The Hall–Kier alpha value is -1.45. The molecule has 0 N–H and O–H groups in total. The zero-order chi connectivity index (χ0) is 17.3. The van der Waals surface area contributed by atoms with Crippen LogP contribution in [0, 0.1) is 0 Å². The summed E-state index contributed by atoms with van der Waals surface area (Å²) in [5.41, 5.74) is 1.68. The highest BCUT2D eigenvalue weighted by Gasteiger charge is 2.46. The van der Waals surface area contributed by atoms with Gasteiger partial charge in [-0.3, -0.25) is 4.79 Å². The van der Waals surface area contributed by atoms with Crippen molar-refractivity contribution in [2.75, 3.05) is 7.05 Å². The molecular formula is C19H33N3O. The van der Waals surface area contributed by atoms with Crippen LogP contribution in [0.2, 0.25) is 0 Å². The third kappa shape index (κ3) is 4.30. The van der Waals surface area contributed by atoms with E-state index in [0.29, 0.717) is 6.54 Å². The number of nitrogens with zero attached hydrogens (tertiary/aromatic N) is 3. The molecule has 0 saturated carbocycles. The summed E-state index contributed by atoms with van der Waals surface area (Å²) in [6.07, 6.45) is 11.0. The highest BCUT2D eigenvalue weighted by Crippen LogP contribution is 2.40. The van der Waals surface area contributed by atoms with Crippen molar-refractivity contribution >= 4 is 5.91 Å². The van der Waals surface area contributed by atoms with Crippen molar-refractivity contribution in [1.82, 2.24) is 14.9 Å². The van der Waals surface area contributed by atoms with Gasteiger partial charge in [0.25, 0.3) is 0 Å². The molecule has 1 aliphatic heterocycles. The van der Waals surface area contributed by atoms with Gasteiger partial charge in [-0.25, -0.2) is 9.97 Å². The van der Waals surface area contributed by atoms with Crippen molar-refractivity contribution in [3.05, 3.63) is 23.8 Å². The molecule has 2 heterocycles. The van der Waals surface area contributed by atoms with E-state index < -0.39 is 5.41 Å². The van der Waals surface area contributed by atoms with Crippen LogP contribution >= 0.6 is 0 Å². The highest BCUT2D eigenvalue weighted by molar-refractivity contribution is 5.89. The predicted octanol–water partition coefficient (Wildman–Crippen LogP) is 4.48. The number of hydrogen-bond donors (Lipinski definition) is 0. The van der Waals surface area contributed by atoms with Crippen molar-refractivity contribution in [2.24, 2.45) is 0 Å². The van der Waals surface area contributed by atoms with Gasteiger partial charge in [-0.1, -0.05) is 59.8 Å². The van der Waals surface area contributed by atoms with Gasteiger partial charge < -0.3 is 4.90 Å². The molecule has 0 saturated heterocycles. The number of likely N-dealkylation sites (N-methyl/N-ethyl adjacent to an activating group) is 1. The average molecular weight is 319 g/mol. The third-order valence-electron chi connectivity index (χ3n) is 4.54. The molecule has 0 aliphatic carbocycles. The van der Waals surface area contributed by atoms with E-state index in [1.807, 2.05) is 32.0 Å². The first-order valence-corrected chi connectivity index (χ1v) is 9.20. The molecule has 0 fully saturated rings. The molecule has 4 heteroatoms. The second-order valence-electron chi connectivity index (χ2n) is 6.20. The topological polar surface area (TPSA) is 46.1 Å². The Morgan fingerprint density at radius 3 is 2.52 bits per heavy atom. The summed E-state index contributed by atoms with van der Waals surface area (Å²) >= 11 is 0. The molecule has 1 amide bonds. The van der Waals surface area contributed by atoms with Crippen molar-refractivity contribution in [3.8, 4) is 0 Å². The molecule has 0 bridgehead atoms. The molecule has 1 unspecified atom stereocenters. The molecule has 0 aromatic carbocycles. The zero-order valence-corrected chi connectivity index (χ0v) is 15.6. The third-order valence-corrected chi connectivity index (χ3v) is 4.54. The molecule has 1 aromatic rings. The van der Waals surface area contributed by atoms with Crippen LogP contribution in [0.4, 0.5) is 0 Å². The van der Waals surface area contributed by atoms with Crippen molar-refractivity contribution < 1.29 is 4.79 Å². The van der Waals surface area contributed by atoms with E-state index in [1.54, 1.807) is 6.33 Å². The SMILES string of the molecule is CC.CCCCCCC1(CCC)C(=O)N(C)Cc2cncnc21. The van der Waals surface area contributed by atoms with E-state index in [4.69, 9.17) is 0 Å². The number of amides is 1. The summed E-state index contributed by atoms with van der Waals surface area (Å²) in [4.78, 5) is 23.4. The second kappa shape index (κ2) is 9.64. The number of fused-ring (bicyclic) bond motifs is 1. The van der Waals surface area contributed by atoms with Gasteiger partial charge in [-0.2, -0.15) is 0 Å². The number of carbonyl (C=O) groups is 1. The molecule has 4 nitrogen and oxygen atoms in total. The van der Waals surface area contributed by atoms with Gasteiger partial charge in [0.2, 0.25) is 5.91 Å². The van der Waals surface area contributed by atoms with Gasteiger partial charge in [0.15, 0.2) is 0 Å². The fourth-order valence-corrected chi connectivity index (χ4v) is 3.55. The lowest BCUT2D eigenvalue weighted by Gasteiger charge is -2.40. The van der Waals surface area contributed by atoms with Crippen LogP contribution in [0.5, 0.6) is 0 Å². The summed E-state index contributed by atoms with van der Waals surface area (Å²) in [7, 11) is 1.90. The molecule has 130 valence electrons. The van der Waals surface area contributed by atoms with Crippen LogP contribution in [0.15, 0.2) is 12.5 Å². The summed E-state index contributed by atoms with van der Waals surface area (Å²) in [5.74, 6) is 0.243. The first-order chi connectivity index (χ1) is 11.2. The summed E-state index contributed by atoms with van der Waals surface area (Å²) in [6.45, 7) is 9.00. The molecule has 0 spiro atoms. The average Bonchev–Trinajstić information content (AvgIpc) is 2.58. The van der Waals surface area contributed by atoms with Crippen LogP contribution in [0.3, 0.4) is 0 Å². The van der Waals surface area contributed by atoms with Crippen LogP contribution in [0.1, 0.15) is 83.9 Å². The van der Waals surface area contributed by atoms with Gasteiger partial charge in [-0.15, -0.1) is 0 Å². The van der Waals surface area contributed by atoms with Gasteiger partial charge in [0.05, 0.1) is 11.1 Å². The van der Waals surface area contributed by atoms with Crippen LogP contribution < -0.4 is 0 Å². The lowest BCUT2D eigenvalue weighted by atomic mass is 9.71. The van der Waals surface area contributed by atoms with Crippen molar-refractivity contribution in [2.45, 2.75) is 84.6 Å². The van der Waals surface area contributed by atoms with E-state index in [-0.39, 0.29) is 5.91 Å². The number of rotatable bonds is 7. The minimum atomic E-state index is -0.423. The Kier molecular flexibility index (Phi) is 8.21. The number of aromatic nitrogens is 2. The van der Waals surface area contributed by atoms with Crippen LogP contribution in [-0.4, -0.2) is 27.8 Å². The predicted molar refractivity (Wildman–Crippen MR) is 95.2 cm³/mol. The summed E-state index contributed by atoms with van der Waals surface area (Å²) in [6, 6.07) is 0. The van der Waals surface area contributed by atoms with Crippen LogP contribution in [-0.2, 0) is 16.8 Å². The first-order valence-electron chi connectivity index (χ1n) is 9.20. The number of carbonyl (C=O) groups excluding carboxylic acids is 1. The Labute approximate surface area is 141 Å². The fraction of sp³-hybridized carbons (Fsp3) is 0.737. The summed E-state index contributed by atoms with van der Waals surface area (Å²) in [5, 5.41) is 0. The largest absolute Gasteiger partial charge is 0.340 e. The molecular weight excluding hydrogens is 286 g/mol. The minimum absolute atomic E-state index is 0.243. The maximum Gasteiger partial charge on any atom is 0.234 e. The van der Waals surface area contributed by atoms with E-state index in [2.05, 4.69) is 23.8 Å². The van der Waals surface area contributed by atoms with Gasteiger partial charge in [-0.05, 0) is 12.8 Å². The maximum absolute atomic E-state index is 12.9. The minimum Gasteiger partial charge on any atom is -0.340 e. The van der Waals surface area contributed by atoms with Gasteiger partial charge in [0.1, 0.15) is 6.33 Å². The lowest BCUT2D eigenvalue weighted by Crippen LogP contribution is -2.50. The molecule has 1 atom stereocenters. The van der Waals surface area contributed by atoms with Crippen molar-refractivity contribution in [3.63, 3.8) is 0 Å².